The van der Waals surface area contributed by atoms with Crippen molar-refractivity contribution in [3.63, 3.8) is 0 Å². The van der Waals surface area contributed by atoms with E-state index in [2.05, 4.69) is 32.8 Å². The summed E-state index contributed by atoms with van der Waals surface area (Å²) < 4.78 is 0.896. The molecule has 84 valence electrons. The zero-order chi connectivity index (χ0) is 11.5. The normalized spacial score (nSPS) is 12.7. The molecule has 0 amide bonds. The fraction of sp³-hybridized carbons (Fsp3) is 0.167. The molecule has 0 bridgehead atoms. The van der Waals surface area contributed by atoms with Gasteiger partial charge in [-0.3, -0.25) is 0 Å². The van der Waals surface area contributed by atoms with Gasteiger partial charge in [-0.1, -0.05) is 23.7 Å². The van der Waals surface area contributed by atoms with Crippen LogP contribution in [0.15, 0.2) is 39.5 Å². The van der Waals surface area contributed by atoms with Crippen molar-refractivity contribution in [2.24, 2.45) is 5.73 Å². The molecule has 1 aromatic carbocycles. The number of halogens is 2. The maximum absolute atomic E-state index is 6.20. The van der Waals surface area contributed by atoms with Gasteiger partial charge >= 0.3 is 0 Å². The molecule has 4 heteroatoms. The third-order valence-corrected chi connectivity index (χ3v) is 4.46. The van der Waals surface area contributed by atoms with Crippen LogP contribution in [0.1, 0.15) is 17.2 Å². The molecule has 1 unspecified atom stereocenters. The van der Waals surface area contributed by atoms with Crippen LogP contribution in [0.2, 0.25) is 5.02 Å². The Kier molecular flexibility index (Phi) is 4.03. The van der Waals surface area contributed by atoms with Crippen LogP contribution in [0.5, 0.6) is 0 Å². The quantitative estimate of drug-likeness (QED) is 0.892. The highest BCUT2D eigenvalue weighted by Gasteiger charge is 2.12. The fourth-order valence-corrected chi connectivity index (χ4v) is 2.91. The Morgan fingerprint density at radius 3 is 2.88 bits per heavy atom. The summed E-state index contributed by atoms with van der Waals surface area (Å²) in [5.41, 5.74) is 8.40. The van der Waals surface area contributed by atoms with Crippen molar-refractivity contribution in [2.75, 3.05) is 0 Å². The van der Waals surface area contributed by atoms with Crippen LogP contribution in [-0.4, -0.2) is 0 Å². The van der Waals surface area contributed by atoms with Gasteiger partial charge in [0.15, 0.2) is 0 Å². The van der Waals surface area contributed by atoms with E-state index < -0.39 is 0 Å². The molecule has 0 saturated heterocycles. The summed E-state index contributed by atoms with van der Waals surface area (Å²) in [5, 5.41) is 4.89. The smallest absolute Gasteiger partial charge is 0.0595 e. The van der Waals surface area contributed by atoms with Crippen LogP contribution in [-0.2, 0) is 6.42 Å². The van der Waals surface area contributed by atoms with E-state index >= 15 is 0 Å². The number of benzene rings is 1. The van der Waals surface area contributed by atoms with E-state index in [1.807, 2.05) is 18.2 Å². The average Bonchev–Trinajstić information content (AvgIpc) is 2.74. The lowest BCUT2D eigenvalue weighted by Crippen LogP contribution is -2.13. The van der Waals surface area contributed by atoms with E-state index in [1.165, 1.54) is 5.56 Å². The number of thiophene rings is 1. The molecule has 0 aliphatic carbocycles. The predicted molar refractivity (Wildman–Crippen MR) is 74.1 cm³/mol. The van der Waals surface area contributed by atoms with Crippen molar-refractivity contribution in [1.82, 2.24) is 0 Å². The Balaban J connectivity index is 2.21. The molecular weight excluding hydrogens is 306 g/mol. The van der Waals surface area contributed by atoms with Gasteiger partial charge in [-0.05, 0) is 56.4 Å². The van der Waals surface area contributed by atoms with E-state index in [0.29, 0.717) is 5.02 Å². The van der Waals surface area contributed by atoms with E-state index in [4.69, 9.17) is 17.3 Å². The van der Waals surface area contributed by atoms with Gasteiger partial charge in [0.05, 0.1) is 5.02 Å². The van der Waals surface area contributed by atoms with E-state index in [1.54, 1.807) is 11.3 Å². The van der Waals surface area contributed by atoms with Gasteiger partial charge < -0.3 is 5.73 Å². The van der Waals surface area contributed by atoms with Crippen LogP contribution in [0.3, 0.4) is 0 Å². The molecule has 0 fully saturated rings. The predicted octanol–water partition coefficient (Wildman–Crippen LogP) is 4.41. The Morgan fingerprint density at radius 1 is 1.38 bits per heavy atom. The molecule has 0 saturated carbocycles. The highest BCUT2D eigenvalue weighted by atomic mass is 79.9. The maximum Gasteiger partial charge on any atom is 0.0595 e. The first-order chi connectivity index (χ1) is 7.68. The molecular formula is C12H11BrClNS. The lowest BCUT2D eigenvalue weighted by atomic mass is 10.0. The number of nitrogens with two attached hydrogens (primary N) is 1. The number of rotatable bonds is 3. The molecule has 1 atom stereocenters. The zero-order valence-electron chi connectivity index (χ0n) is 8.49. The van der Waals surface area contributed by atoms with Crippen molar-refractivity contribution in [3.05, 3.63) is 55.6 Å². The minimum Gasteiger partial charge on any atom is -0.324 e. The largest absolute Gasteiger partial charge is 0.324 e. The molecule has 0 radical (unpaired) electrons. The second-order valence-electron chi connectivity index (χ2n) is 3.59. The van der Waals surface area contributed by atoms with Crippen LogP contribution >= 0.6 is 38.9 Å². The zero-order valence-corrected chi connectivity index (χ0v) is 11.6. The van der Waals surface area contributed by atoms with Crippen LogP contribution in [0, 0.1) is 0 Å². The lowest BCUT2D eigenvalue weighted by molar-refractivity contribution is 0.723. The Labute approximate surface area is 112 Å². The molecule has 1 aromatic heterocycles. The van der Waals surface area contributed by atoms with Crippen molar-refractivity contribution in [1.29, 1.82) is 0 Å². The van der Waals surface area contributed by atoms with E-state index in [0.717, 1.165) is 16.5 Å². The molecule has 0 aliphatic heterocycles. The van der Waals surface area contributed by atoms with Crippen LogP contribution in [0.25, 0.3) is 0 Å². The summed E-state index contributed by atoms with van der Waals surface area (Å²) in [5.74, 6) is 0. The molecule has 1 heterocycles. The average molecular weight is 317 g/mol. The van der Waals surface area contributed by atoms with Crippen LogP contribution < -0.4 is 5.73 Å². The first-order valence-electron chi connectivity index (χ1n) is 4.89. The summed E-state index contributed by atoms with van der Waals surface area (Å²) in [6, 6.07) is 7.89. The van der Waals surface area contributed by atoms with Crippen molar-refractivity contribution in [2.45, 2.75) is 12.5 Å². The van der Waals surface area contributed by atoms with Gasteiger partial charge in [0.25, 0.3) is 0 Å². The van der Waals surface area contributed by atoms with Gasteiger partial charge in [-0.2, -0.15) is 11.3 Å². The summed E-state index contributed by atoms with van der Waals surface area (Å²) in [4.78, 5) is 0. The van der Waals surface area contributed by atoms with Gasteiger partial charge in [0.2, 0.25) is 0 Å². The molecule has 2 aromatic rings. The Bertz CT molecular complexity index is 470. The number of hydrogen-bond donors (Lipinski definition) is 1. The summed E-state index contributed by atoms with van der Waals surface area (Å²) in [6.07, 6.45) is 0.819. The molecule has 1 nitrogen and oxygen atoms in total. The molecule has 16 heavy (non-hydrogen) atoms. The number of hydrogen-bond acceptors (Lipinski definition) is 2. The van der Waals surface area contributed by atoms with Crippen LogP contribution in [0.4, 0.5) is 0 Å². The highest BCUT2D eigenvalue weighted by Crippen LogP contribution is 2.30. The van der Waals surface area contributed by atoms with Gasteiger partial charge in [-0.25, -0.2) is 0 Å². The van der Waals surface area contributed by atoms with Gasteiger partial charge in [0, 0.05) is 10.5 Å². The first-order valence-corrected chi connectivity index (χ1v) is 7.00. The standard InChI is InChI=1S/C12H11BrClNS/c13-10-3-1-2-9(12(10)14)11(15)6-8-4-5-16-7-8/h1-5,7,11H,6,15H2. The van der Waals surface area contributed by atoms with Crippen molar-refractivity contribution < 1.29 is 0 Å². The van der Waals surface area contributed by atoms with Crippen molar-refractivity contribution >= 4 is 38.9 Å². The minimum atomic E-state index is -0.0559. The highest BCUT2D eigenvalue weighted by molar-refractivity contribution is 9.10. The van der Waals surface area contributed by atoms with Crippen molar-refractivity contribution in [3.8, 4) is 0 Å². The SMILES string of the molecule is NC(Cc1ccsc1)c1cccc(Br)c1Cl. The first kappa shape index (κ1) is 12.1. The third-order valence-electron chi connectivity index (χ3n) is 2.42. The topological polar surface area (TPSA) is 26.0 Å². The third kappa shape index (κ3) is 2.66. The van der Waals surface area contributed by atoms with Gasteiger partial charge in [0.1, 0.15) is 0 Å². The lowest BCUT2D eigenvalue weighted by Gasteiger charge is -2.13. The molecule has 0 spiro atoms. The van der Waals surface area contributed by atoms with E-state index in [-0.39, 0.29) is 6.04 Å². The Morgan fingerprint density at radius 2 is 2.19 bits per heavy atom. The monoisotopic (exact) mass is 315 g/mol. The second-order valence-corrected chi connectivity index (χ2v) is 5.60. The maximum atomic E-state index is 6.20. The summed E-state index contributed by atoms with van der Waals surface area (Å²) >= 11 is 11.3. The van der Waals surface area contributed by atoms with E-state index in [9.17, 15) is 0 Å². The Hall–Kier alpha value is -0.350. The molecule has 2 rings (SSSR count). The minimum absolute atomic E-state index is 0.0559. The second kappa shape index (κ2) is 5.32. The molecule has 0 aliphatic rings. The van der Waals surface area contributed by atoms with Gasteiger partial charge in [-0.15, -0.1) is 0 Å². The summed E-state index contributed by atoms with van der Waals surface area (Å²) in [6.45, 7) is 0. The molecule has 2 N–H and O–H groups in total. The summed E-state index contributed by atoms with van der Waals surface area (Å²) in [7, 11) is 0. The fourth-order valence-electron chi connectivity index (χ4n) is 1.58.